The fraction of sp³-hybridized carbons (Fsp3) is 0.750. The van der Waals surface area contributed by atoms with Crippen LogP contribution in [0.5, 0.6) is 0 Å². The van der Waals surface area contributed by atoms with Crippen LogP contribution in [0.1, 0.15) is 64.7 Å². The van der Waals surface area contributed by atoms with E-state index in [1.807, 2.05) is 6.08 Å². The van der Waals surface area contributed by atoms with Crippen LogP contribution < -0.4 is 0 Å². The van der Waals surface area contributed by atoms with E-state index in [-0.39, 0.29) is 6.42 Å². The third-order valence-corrected chi connectivity index (χ3v) is 4.55. The van der Waals surface area contributed by atoms with Gasteiger partial charge >= 0.3 is 5.97 Å². The number of carboxylic acids is 1. The molecule has 0 radical (unpaired) electrons. The quantitative estimate of drug-likeness (QED) is 0.293. The number of carboxylic acid groups (broad SMARTS) is 1. The highest BCUT2D eigenvalue weighted by Crippen LogP contribution is 2.26. The first-order valence-corrected chi connectivity index (χ1v) is 9.68. The lowest BCUT2D eigenvalue weighted by Crippen LogP contribution is -2.26. The van der Waals surface area contributed by atoms with Crippen LogP contribution >= 0.6 is 0 Å². The van der Waals surface area contributed by atoms with E-state index in [2.05, 4.69) is 13.0 Å². The van der Waals surface area contributed by atoms with Gasteiger partial charge in [0.05, 0.1) is 24.4 Å². The topological polar surface area (TPSA) is 107 Å². The molecule has 0 amide bonds. The first-order valence-electron chi connectivity index (χ1n) is 9.68. The lowest BCUT2D eigenvalue weighted by Gasteiger charge is -2.17. The van der Waals surface area contributed by atoms with Crippen molar-refractivity contribution in [3.05, 3.63) is 24.3 Å². The van der Waals surface area contributed by atoms with E-state index < -0.39 is 36.5 Å². The molecule has 4 N–H and O–H groups in total. The monoisotopic (exact) mass is 370 g/mol. The zero-order chi connectivity index (χ0) is 19.4. The van der Waals surface area contributed by atoms with Crippen LogP contribution in [0.4, 0.5) is 0 Å². The molecule has 150 valence electrons. The predicted octanol–water partition coefficient (Wildman–Crippen LogP) is 2.56. The molecule has 0 spiro atoms. The molecule has 0 aromatic heterocycles. The summed E-state index contributed by atoms with van der Waals surface area (Å²) in [6, 6.07) is 0. The molecule has 1 saturated heterocycles. The Bertz CT molecular complexity index is 448. The molecule has 0 aromatic carbocycles. The van der Waals surface area contributed by atoms with Gasteiger partial charge in [-0.05, 0) is 32.1 Å². The van der Waals surface area contributed by atoms with Crippen LogP contribution in [0.2, 0.25) is 0 Å². The van der Waals surface area contributed by atoms with Crippen LogP contribution in [-0.2, 0) is 9.53 Å². The number of carbonyl (C=O) groups is 1. The first kappa shape index (κ1) is 22.8. The summed E-state index contributed by atoms with van der Waals surface area (Å²) < 4.78 is 5.65. The minimum Gasteiger partial charge on any atom is -0.481 e. The third kappa shape index (κ3) is 9.48. The van der Waals surface area contributed by atoms with Gasteiger partial charge in [-0.3, -0.25) is 4.79 Å². The lowest BCUT2D eigenvalue weighted by atomic mass is 10.0. The highest BCUT2D eigenvalue weighted by molar-refractivity contribution is 5.66. The van der Waals surface area contributed by atoms with Gasteiger partial charge in [0.15, 0.2) is 0 Å². The molecule has 26 heavy (non-hydrogen) atoms. The summed E-state index contributed by atoms with van der Waals surface area (Å²) in [7, 11) is 0. The molecule has 6 nitrogen and oxygen atoms in total. The van der Waals surface area contributed by atoms with Crippen molar-refractivity contribution in [2.75, 3.05) is 0 Å². The van der Waals surface area contributed by atoms with Gasteiger partial charge < -0.3 is 25.2 Å². The number of unbranched alkanes of at least 4 members (excludes halogenated alkanes) is 3. The molecule has 6 heteroatoms. The van der Waals surface area contributed by atoms with E-state index in [0.29, 0.717) is 25.7 Å². The zero-order valence-electron chi connectivity index (χ0n) is 15.7. The van der Waals surface area contributed by atoms with Gasteiger partial charge in [-0.1, -0.05) is 44.1 Å². The summed E-state index contributed by atoms with van der Waals surface area (Å²) in [4.78, 5) is 10.5. The second kappa shape index (κ2) is 13.0. The molecule has 1 rings (SSSR count). The Kier molecular flexibility index (Phi) is 11.4. The van der Waals surface area contributed by atoms with Crippen molar-refractivity contribution in [1.29, 1.82) is 0 Å². The van der Waals surface area contributed by atoms with Gasteiger partial charge in [0.1, 0.15) is 6.10 Å². The average molecular weight is 370 g/mol. The van der Waals surface area contributed by atoms with Crippen molar-refractivity contribution >= 4 is 5.97 Å². The number of aliphatic carboxylic acids is 1. The van der Waals surface area contributed by atoms with E-state index in [0.717, 1.165) is 12.8 Å². The second-order valence-corrected chi connectivity index (χ2v) is 6.95. The predicted molar refractivity (Wildman–Crippen MR) is 99.8 cm³/mol. The SMILES string of the molecule is CCCCC/C=C\C[C@@H](O)/C=C/[C@H]1O[C@@H]([C@@H](O)CCCC(=O)O)C[C@H]1O. The van der Waals surface area contributed by atoms with Gasteiger partial charge in [-0.15, -0.1) is 0 Å². The van der Waals surface area contributed by atoms with Crippen molar-refractivity contribution < 1.29 is 30.0 Å². The van der Waals surface area contributed by atoms with Crippen LogP contribution in [0.15, 0.2) is 24.3 Å². The minimum absolute atomic E-state index is 0.00776. The Balaban J connectivity index is 2.31. The van der Waals surface area contributed by atoms with E-state index >= 15 is 0 Å². The van der Waals surface area contributed by atoms with Crippen LogP contribution in [0.3, 0.4) is 0 Å². The zero-order valence-corrected chi connectivity index (χ0v) is 15.7. The van der Waals surface area contributed by atoms with E-state index in [1.54, 1.807) is 12.2 Å². The summed E-state index contributed by atoms with van der Waals surface area (Å²) in [6.07, 6.45) is 10.2. The van der Waals surface area contributed by atoms with Crippen molar-refractivity contribution in [3.8, 4) is 0 Å². The smallest absolute Gasteiger partial charge is 0.303 e. The third-order valence-electron chi connectivity index (χ3n) is 4.55. The highest BCUT2D eigenvalue weighted by atomic mass is 16.5. The molecule has 1 heterocycles. The standard InChI is InChI=1S/C20H34O6/c1-2-3-4-5-6-7-9-15(21)12-13-18-17(23)14-19(26-18)16(22)10-8-11-20(24)25/h6-7,12-13,15-19,21-23H,2-5,8-11,14H2,1H3,(H,24,25)/b7-6-,13-12+/t15-,16+,17-,18-,19-/m1/s1. The number of ether oxygens (including phenoxy) is 1. The van der Waals surface area contributed by atoms with Crippen LogP contribution in [-0.4, -0.2) is 56.9 Å². The van der Waals surface area contributed by atoms with Gasteiger partial charge in [-0.2, -0.15) is 0 Å². The van der Waals surface area contributed by atoms with E-state index in [4.69, 9.17) is 9.84 Å². The summed E-state index contributed by atoms with van der Waals surface area (Å²) >= 11 is 0. The highest BCUT2D eigenvalue weighted by Gasteiger charge is 2.36. The molecule has 1 fully saturated rings. The summed E-state index contributed by atoms with van der Waals surface area (Å²) in [5.74, 6) is -0.890. The van der Waals surface area contributed by atoms with E-state index in [9.17, 15) is 20.1 Å². The van der Waals surface area contributed by atoms with Gasteiger partial charge in [0, 0.05) is 12.8 Å². The molecule has 0 bridgehead atoms. The molecule has 1 aliphatic rings. The summed E-state index contributed by atoms with van der Waals surface area (Å²) in [5.41, 5.74) is 0. The first-order chi connectivity index (χ1) is 12.4. The van der Waals surface area contributed by atoms with Gasteiger partial charge in [0.2, 0.25) is 0 Å². The van der Waals surface area contributed by atoms with Gasteiger partial charge in [0.25, 0.3) is 0 Å². The number of allylic oxidation sites excluding steroid dienone is 1. The maximum atomic E-state index is 10.5. The molecule has 0 aliphatic carbocycles. The number of rotatable bonds is 13. The Morgan fingerprint density at radius 1 is 1.23 bits per heavy atom. The summed E-state index contributed by atoms with van der Waals surface area (Å²) in [6.45, 7) is 2.16. The van der Waals surface area contributed by atoms with E-state index in [1.165, 1.54) is 12.8 Å². The Morgan fingerprint density at radius 2 is 2.00 bits per heavy atom. The Morgan fingerprint density at radius 3 is 2.69 bits per heavy atom. The number of hydrogen-bond donors (Lipinski definition) is 4. The molecule has 0 saturated carbocycles. The molecular weight excluding hydrogens is 336 g/mol. The maximum Gasteiger partial charge on any atom is 0.303 e. The van der Waals surface area contributed by atoms with Crippen molar-refractivity contribution in [2.24, 2.45) is 0 Å². The lowest BCUT2D eigenvalue weighted by molar-refractivity contribution is -0.137. The van der Waals surface area contributed by atoms with Crippen LogP contribution in [0.25, 0.3) is 0 Å². The molecule has 5 atom stereocenters. The average Bonchev–Trinajstić information content (AvgIpc) is 2.96. The number of aliphatic hydroxyl groups is 3. The fourth-order valence-corrected chi connectivity index (χ4v) is 2.97. The number of hydrogen-bond acceptors (Lipinski definition) is 5. The molecule has 0 aromatic rings. The molecular formula is C20H34O6. The van der Waals surface area contributed by atoms with Crippen LogP contribution in [0, 0.1) is 0 Å². The second-order valence-electron chi connectivity index (χ2n) is 6.95. The number of aliphatic hydroxyl groups excluding tert-OH is 3. The molecule has 1 aliphatic heterocycles. The maximum absolute atomic E-state index is 10.5. The Labute approximate surface area is 156 Å². The molecule has 0 unspecified atom stereocenters. The summed E-state index contributed by atoms with van der Waals surface area (Å²) in [5, 5.41) is 38.7. The van der Waals surface area contributed by atoms with Crippen molar-refractivity contribution in [1.82, 2.24) is 0 Å². The normalized spacial score (nSPS) is 25.9. The minimum atomic E-state index is -0.890. The van der Waals surface area contributed by atoms with Crippen molar-refractivity contribution in [2.45, 2.75) is 95.2 Å². The van der Waals surface area contributed by atoms with Crippen molar-refractivity contribution in [3.63, 3.8) is 0 Å². The van der Waals surface area contributed by atoms with Gasteiger partial charge in [-0.25, -0.2) is 0 Å². The fourth-order valence-electron chi connectivity index (χ4n) is 2.97. The Hall–Kier alpha value is -1.21. The largest absolute Gasteiger partial charge is 0.481 e.